The van der Waals surface area contributed by atoms with Crippen molar-refractivity contribution < 1.29 is 0 Å². The monoisotopic (exact) mass is 313 g/mol. The lowest BCUT2D eigenvalue weighted by Crippen LogP contribution is -2.12. The minimum absolute atomic E-state index is 0.0295. The molecule has 0 aromatic carbocycles. The summed E-state index contributed by atoms with van der Waals surface area (Å²) in [6.45, 7) is 4.24. The lowest BCUT2D eigenvalue weighted by atomic mass is 10.1. The summed E-state index contributed by atoms with van der Waals surface area (Å²) >= 11 is 5.14. The minimum atomic E-state index is 0.0295. The van der Waals surface area contributed by atoms with Gasteiger partial charge in [-0.3, -0.25) is 4.68 Å². The Morgan fingerprint density at radius 1 is 1.41 bits per heavy atom. The highest BCUT2D eigenvalue weighted by Gasteiger charge is 2.11. The van der Waals surface area contributed by atoms with E-state index in [0.717, 1.165) is 15.9 Å². The van der Waals surface area contributed by atoms with Gasteiger partial charge in [-0.25, -0.2) is 0 Å². The first-order valence-corrected chi connectivity index (χ1v) is 7.22. The number of nitrogens with zero attached hydrogens (tertiary/aromatic N) is 2. The summed E-state index contributed by atoms with van der Waals surface area (Å²) in [6, 6.07) is 6.58. The predicted octanol–water partition coefficient (Wildman–Crippen LogP) is 3.53. The number of hydrogen-bond donors (Lipinski definition) is 1. The maximum absolute atomic E-state index is 6.17. The molecule has 2 N–H and O–H groups in total. The standard InChI is InChI=1S/C12H16BrN3S/c1-8(2)16-6-5-9(15-16)7-10(14)11-3-4-12(13)17-11/h3-6,8,10H,7,14H2,1-2H3. The molecule has 2 aromatic rings. The van der Waals surface area contributed by atoms with Crippen LogP contribution in [-0.4, -0.2) is 9.78 Å². The van der Waals surface area contributed by atoms with Crippen LogP contribution in [0.3, 0.4) is 0 Å². The molecular weight excluding hydrogens is 298 g/mol. The molecule has 2 aromatic heterocycles. The summed E-state index contributed by atoms with van der Waals surface area (Å²) < 4.78 is 3.09. The van der Waals surface area contributed by atoms with Crippen LogP contribution in [0.25, 0.3) is 0 Å². The molecule has 0 amide bonds. The topological polar surface area (TPSA) is 43.8 Å². The molecule has 0 bridgehead atoms. The van der Waals surface area contributed by atoms with Crippen LogP contribution < -0.4 is 5.73 Å². The fraction of sp³-hybridized carbons (Fsp3) is 0.417. The summed E-state index contributed by atoms with van der Waals surface area (Å²) in [5.41, 5.74) is 7.22. The zero-order valence-electron chi connectivity index (χ0n) is 9.93. The van der Waals surface area contributed by atoms with E-state index in [4.69, 9.17) is 5.73 Å². The predicted molar refractivity (Wildman–Crippen MR) is 75.3 cm³/mol. The quantitative estimate of drug-likeness (QED) is 0.938. The maximum atomic E-state index is 6.17. The van der Waals surface area contributed by atoms with E-state index in [1.165, 1.54) is 4.88 Å². The average Bonchev–Trinajstić information content (AvgIpc) is 2.86. The van der Waals surface area contributed by atoms with Crippen LogP contribution in [0, 0.1) is 0 Å². The van der Waals surface area contributed by atoms with Crippen molar-refractivity contribution in [2.24, 2.45) is 5.73 Å². The second-order valence-electron chi connectivity index (χ2n) is 4.33. The Kier molecular flexibility index (Phi) is 4.01. The van der Waals surface area contributed by atoms with Gasteiger partial charge < -0.3 is 5.73 Å². The van der Waals surface area contributed by atoms with Gasteiger partial charge in [0, 0.05) is 29.6 Å². The van der Waals surface area contributed by atoms with Crippen LogP contribution in [-0.2, 0) is 6.42 Å². The molecule has 17 heavy (non-hydrogen) atoms. The molecule has 0 aliphatic heterocycles. The fourth-order valence-corrected chi connectivity index (χ4v) is 3.05. The highest BCUT2D eigenvalue weighted by Crippen LogP contribution is 2.27. The third kappa shape index (κ3) is 3.18. The molecule has 1 atom stereocenters. The van der Waals surface area contributed by atoms with E-state index < -0.39 is 0 Å². The molecular formula is C12H16BrN3S. The number of aromatic nitrogens is 2. The average molecular weight is 314 g/mol. The van der Waals surface area contributed by atoms with Gasteiger partial charge in [-0.05, 0) is 48.0 Å². The van der Waals surface area contributed by atoms with Gasteiger partial charge in [0.05, 0.1) is 9.48 Å². The molecule has 0 radical (unpaired) electrons. The van der Waals surface area contributed by atoms with Gasteiger partial charge in [-0.1, -0.05) is 0 Å². The molecule has 2 rings (SSSR count). The first kappa shape index (κ1) is 12.8. The molecule has 0 saturated heterocycles. The van der Waals surface area contributed by atoms with E-state index >= 15 is 0 Å². The van der Waals surface area contributed by atoms with Crippen molar-refractivity contribution in [1.29, 1.82) is 0 Å². The summed E-state index contributed by atoms with van der Waals surface area (Å²) in [6.07, 6.45) is 2.80. The van der Waals surface area contributed by atoms with Crippen LogP contribution in [0.2, 0.25) is 0 Å². The fourth-order valence-electron chi connectivity index (χ4n) is 1.63. The molecule has 0 spiro atoms. The first-order chi connectivity index (χ1) is 8.06. The smallest absolute Gasteiger partial charge is 0.0701 e. The third-order valence-electron chi connectivity index (χ3n) is 2.58. The Hall–Kier alpha value is -0.650. The van der Waals surface area contributed by atoms with Crippen molar-refractivity contribution in [1.82, 2.24) is 9.78 Å². The molecule has 0 saturated carbocycles. The molecule has 2 heterocycles. The normalized spacial score (nSPS) is 13.2. The van der Waals surface area contributed by atoms with E-state index in [0.29, 0.717) is 6.04 Å². The van der Waals surface area contributed by atoms with Gasteiger partial charge in [0.25, 0.3) is 0 Å². The van der Waals surface area contributed by atoms with Gasteiger partial charge >= 0.3 is 0 Å². The van der Waals surface area contributed by atoms with Crippen LogP contribution in [0.1, 0.15) is 36.5 Å². The van der Waals surface area contributed by atoms with Gasteiger partial charge in [0.2, 0.25) is 0 Å². The second-order valence-corrected chi connectivity index (χ2v) is 6.83. The summed E-state index contributed by atoms with van der Waals surface area (Å²) in [4.78, 5) is 1.19. The van der Waals surface area contributed by atoms with Crippen LogP contribution in [0.15, 0.2) is 28.2 Å². The van der Waals surface area contributed by atoms with Gasteiger partial charge in [-0.15, -0.1) is 11.3 Å². The molecule has 0 aliphatic carbocycles. The van der Waals surface area contributed by atoms with Crippen LogP contribution in [0.4, 0.5) is 0 Å². The van der Waals surface area contributed by atoms with E-state index in [1.807, 2.05) is 23.0 Å². The van der Waals surface area contributed by atoms with Crippen LogP contribution in [0.5, 0.6) is 0 Å². The number of thiophene rings is 1. The van der Waals surface area contributed by atoms with Crippen LogP contribution >= 0.6 is 27.3 Å². The molecule has 3 nitrogen and oxygen atoms in total. The Morgan fingerprint density at radius 3 is 2.71 bits per heavy atom. The minimum Gasteiger partial charge on any atom is -0.323 e. The van der Waals surface area contributed by atoms with E-state index in [9.17, 15) is 0 Å². The highest BCUT2D eigenvalue weighted by atomic mass is 79.9. The SMILES string of the molecule is CC(C)n1ccc(CC(N)c2ccc(Br)s2)n1. The summed E-state index contributed by atoms with van der Waals surface area (Å²) in [7, 11) is 0. The van der Waals surface area contributed by atoms with Gasteiger partial charge in [0.1, 0.15) is 0 Å². The Bertz CT molecular complexity index is 489. The lowest BCUT2D eigenvalue weighted by Gasteiger charge is -2.07. The molecule has 0 aliphatic rings. The number of halogens is 1. The third-order valence-corrected chi connectivity index (χ3v) is 4.34. The highest BCUT2D eigenvalue weighted by molar-refractivity contribution is 9.11. The molecule has 1 unspecified atom stereocenters. The molecule has 5 heteroatoms. The first-order valence-electron chi connectivity index (χ1n) is 5.61. The Morgan fingerprint density at radius 2 is 2.18 bits per heavy atom. The lowest BCUT2D eigenvalue weighted by molar-refractivity contribution is 0.523. The zero-order chi connectivity index (χ0) is 12.4. The Labute approximate surface area is 114 Å². The molecule has 92 valence electrons. The maximum Gasteiger partial charge on any atom is 0.0701 e. The molecule has 0 fully saturated rings. The number of rotatable bonds is 4. The van der Waals surface area contributed by atoms with Crippen molar-refractivity contribution in [3.05, 3.63) is 38.8 Å². The zero-order valence-corrected chi connectivity index (χ0v) is 12.3. The van der Waals surface area contributed by atoms with Crippen molar-refractivity contribution in [3.63, 3.8) is 0 Å². The van der Waals surface area contributed by atoms with E-state index in [2.05, 4.69) is 40.9 Å². The van der Waals surface area contributed by atoms with Crippen molar-refractivity contribution in [2.45, 2.75) is 32.4 Å². The van der Waals surface area contributed by atoms with Gasteiger partial charge in [-0.2, -0.15) is 5.10 Å². The number of hydrogen-bond acceptors (Lipinski definition) is 3. The Balaban J connectivity index is 2.05. The van der Waals surface area contributed by atoms with Crippen molar-refractivity contribution >= 4 is 27.3 Å². The summed E-state index contributed by atoms with van der Waals surface area (Å²) in [5, 5.41) is 4.51. The van der Waals surface area contributed by atoms with E-state index in [-0.39, 0.29) is 6.04 Å². The number of nitrogens with two attached hydrogens (primary N) is 1. The van der Waals surface area contributed by atoms with E-state index in [1.54, 1.807) is 11.3 Å². The largest absolute Gasteiger partial charge is 0.323 e. The van der Waals surface area contributed by atoms with Crippen molar-refractivity contribution in [2.75, 3.05) is 0 Å². The van der Waals surface area contributed by atoms with Crippen molar-refractivity contribution in [3.8, 4) is 0 Å². The second kappa shape index (κ2) is 5.33. The van der Waals surface area contributed by atoms with Gasteiger partial charge in [0.15, 0.2) is 0 Å². The summed E-state index contributed by atoms with van der Waals surface area (Å²) in [5.74, 6) is 0.